The number of nitrogens with zero attached hydrogens (tertiary/aromatic N) is 2. The van der Waals surface area contributed by atoms with Gasteiger partial charge in [0.25, 0.3) is 0 Å². The Morgan fingerprint density at radius 3 is 2.57 bits per heavy atom. The first-order chi connectivity index (χ1) is 13.5. The molecule has 0 radical (unpaired) electrons. The van der Waals surface area contributed by atoms with E-state index in [2.05, 4.69) is 72.2 Å². The van der Waals surface area contributed by atoms with Crippen molar-refractivity contribution >= 4 is 35.0 Å². The van der Waals surface area contributed by atoms with Crippen LogP contribution in [0.4, 0.5) is 11.5 Å². The molecule has 5 heteroatoms. The number of thiol groups is 1. The predicted octanol–water partition coefficient (Wildman–Crippen LogP) is 5.62. The van der Waals surface area contributed by atoms with E-state index in [-0.39, 0.29) is 0 Å². The Labute approximate surface area is 173 Å². The molecule has 4 nitrogen and oxygen atoms in total. The van der Waals surface area contributed by atoms with Gasteiger partial charge in [0.05, 0.1) is 5.52 Å². The van der Waals surface area contributed by atoms with Gasteiger partial charge in [0.1, 0.15) is 12.1 Å². The van der Waals surface area contributed by atoms with E-state index in [0.29, 0.717) is 6.04 Å². The Bertz CT molecular complexity index is 895. The number of fused-ring (bicyclic) bond motifs is 1. The Kier molecular flexibility index (Phi) is 7.29. The van der Waals surface area contributed by atoms with Crippen LogP contribution in [-0.2, 0) is 6.42 Å². The van der Waals surface area contributed by atoms with Crippen LogP contribution in [0.25, 0.3) is 10.9 Å². The van der Waals surface area contributed by atoms with Crippen LogP contribution >= 0.6 is 12.6 Å². The van der Waals surface area contributed by atoms with Crippen LogP contribution in [0.1, 0.15) is 39.2 Å². The molecule has 2 atom stereocenters. The standard InChI is InChI=1S/C23H30N4S/c1-4-16(2)13-17(3)24-12-11-18-5-10-22-21(14-18)23(26-15-25-22)27-19-6-8-20(28)9-7-19/h5-10,14-17,24,28H,4,11-13H2,1-3H3,(H,25,26,27). The summed E-state index contributed by atoms with van der Waals surface area (Å²) in [6.07, 6.45) is 5.06. The number of anilines is 2. The minimum absolute atomic E-state index is 0.547. The van der Waals surface area contributed by atoms with Gasteiger partial charge in [-0.05, 0) is 74.2 Å². The Morgan fingerprint density at radius 2 is 1.82 bits per heavy atom. The molecule has 3 aromatic rings. The van der Waals surface area contributed by atoms with Gasteiger partial charge < -0.3 is 10.6 Å². The number of hydrogen-bond acceptors (Lipinski definition) is 5. The third kappa shape index (κ3) is 5.69. The van der Waals surface area contributed by atoms with E-state index in [1.54, 1.807) is 6.33 Å². The lowest BCUT2D eigenvalue weighted by molar-refractivity contribution is 0.415. The van der Waals surface area contributed by atoms with Crippen molar-refractivity contribution in [3.8, 4) is 0 Å². The molecular weight excluding hydrogens is 364 g/mol. The van der Waals surface area contributed by atoms with Crippen molar-refractivity contribution in [2.45, 2.75) is 51.0 Å². The molecule has 2 unspecified atom stereocenters. The van der Waals surface area contributed by atoms with Gasteiger partial charge >= 0.3 is 0 Å². The molecule has 0 fully saturated rings. The molecule has 0 aliphatic carbocycles. The molecule has 0 aliphatic heterocycles. The molecule has 148 valence electrons. The Balaban J connectivity index is 1.69. The molecule has 1 aromatic heterocycles. The highest BCUT2D eigenvalue weighted by Crippen LogP contribution is 2.24. The monoisotopic (exact) mass is 394 g/mol. The molecular formula is C23H30N4S. The van der Waals surface area contributed by atoms with E-state index >= 15 is 0 Å². The molecule has 0 amide bonds. The van der Waals surface area contributed by atoms with Crippen molar-refractivity contribution < 1.29 is 0 Å². The van der Waals surface area contributed by atoms with Crippen molar-refractivity contribution in [2.24, 2.45) is 5.92 Å². The summed E-state index contributed by atoms with van der Waals surface area (Å²) < 4.78 is 0. The topological polar surface area (TPSA) is 49.8 Å². The van der Waals surface area contributed by atoms with Crippen molar-refractivity contribution in [2.75, 3.05) is 11.9 Å². The maximum absolute atomic E-state index is 4.46. The van der Waals surface area contributed by atoms with Crippen LogP contribution in [-0.4, -0.2) is 22.6 Å². The second-order valence-electron chi connectivity index (χ2n) is 7.60. The highest BCUT2D eigenvalue weighted by molar-refractivity contribution is 7.80. The normalized spacial score (nSPS) is 13.4. The molecule has 0 bridgehead atoms. The van der Waals surface area contributed by atoms with Gasteiger partial charge in [-0.15, -0.1) is 12.6 Å². The van der Waals surface area contributed by atoms with Gasteiger partial charge in [0.15, 0.2) is 0 Å². The van der Waals surface area contributed by atoms with E-state index in [1.165, 1.54) is 18.4 Å². The first kappa shape index (κ1) is 20.6. The van der Waals surface area contributed by atoms with Gasteiger partial charge in [-0.3, -0.25) is 0 Å². The summed E-state index contributed by atoms with van der Waals surface area (Å²) in [4.78, 5) is 9.81. The fourth-order valence-corrected chi connectivity index (χ4v) is 3.51. The minimum atomic E-state index is 0.547. The second kappa shape index (κ2) is 9.89. The van der Waals surface area contributed by atoms with E-state index < -0.39 is 0 Å². The van der Waals surface area contributed by atoms with E-state index in [1.807, 2.05) is 24.3 Å². The van der Waals surface area contributed by atoms with Crippen LogP contribution in [0, 0.1) is 5.92 Å². The molecule has 0 spiro atoms. The lowest BCUT2D eigenvalue weighted by atomic mass is 10.0. The molecule has 3 rings (SSSR count). The van der Waals surface area contributed by atoms with Gasteiger partial charge in [-0.1, -0.05) is 26.3 Å². The van der Waals surface area contributed by atoms with Crippen LogP contribution < -0.4 is 10.6 Å². The molecule has 2 N–H and O–H groups in total. The van der Waals surface area contributed by atoms with Crippen molar-refractivity contribution in [3.05, 3.63) is 54.4 Å². The SMILES string of the molecule is CCC(C)CC(C)NCCc1ccc2ncnc(Nc3ccc(S)cc3)c2c1. The van der Waals surface area contributed by atoms with Crippen LogP contribution in [0.15, 0.2) is 53.7 Å². The zero-order valence-electron chi connectivity index (χ0n) is 16.9. The number of rotatable bonds is 9. The third-order valence-corrected chi connectivity index (χ3v) is 5.49. The maximum atomic E-state index is 4.46. The van der Waals surface area contributed by atoms with Crippen LogP contribution in [0.2, 0.25) is 0 Å². The first-order valence-electron chi connectivity index (χ1n) is 10.1. The number of aromatic nitrogens is 2. The summed E-state index contributed by atoms with van der Waals surface area (Å²) in [5.74, 6) is 1.60. The minimum Gasteiger partial charge on any atom is -0.340 e. The number of benzene rings is 2. The van der Waals surface area contributed by atoms with E-state index in [0.717, 1.165) is 46.2 Å². The average Bonchev–Trinajstić information content (AvgIpc) is 2.70. The maximum Gasteiger partial charge on any atom is 0.141 e. The number of hydrogen-bond donors (Lipinski definition) is 3. The molecule has 0 saturated heterocycles. The van der Waals surface area contributed by atoms with Gasteiger partial charge in [0, 0.05) is 22.0 Å². The van der Waals surface area contributed by atoms with Crippen molar-refractivity contribution in [1.29, 1.82) is 0 Å². The Morgan fingerprint density at radius 1 is 1.04 bits per heavy atom. The van der Waals surface area contributed by atoms with Gasteiger partial charge in [-0.25, -0.2) is 9.97 Å². The molecule has 2 aromatic carbocycles. The zero-order valence-corrected chi connectivity index (χ0v) is 17.8. The Hall–Kier alpha value is -2.11. The largest absolute Gasteiger partial charge is 0.340 e. The molecule has 1 heterocycles. The lowest BCUT2D eigenvalue weighted by Crippen LogP contribution is -2.29. The predicted molar refractivity (Wildman–Crippen MR) is 122 cm³/mol. The summed E-state index contributed by atoms with van der Waals surface area (Å²) in [5.41, 5.74) is 3.23. The van der Waals surface area contributed by atoms with Gasteiger partial charge in [0.2, 0.25) is 0 Å². The van der Waals surface area contributed by atoms with Crippen molar-refractivity contribution in [3.63, 3.8) is 0 Å². The van der Waals surface area contributed by atoms with Crippen LogP contribution in [0.5, 0.6) is 0 Å². The molecule has 28 heavy (non-hydrogen) atoms. The third-order valence-electron chi connectivity index (χ3n) is 5.19. The summed E-state index contributed by atoms with van der Waals surface area (Å²) in [7, 11) is 0. The summed E-state index contributed by atoms with van der Waals surface area (Å²) in [5, 5.41) is 8.10. The zero-order chi connectivity index (χ0) is 19.9. The summed E-state index contributed by atoms with van der Waals surface area (Å²) in [6, 6.07) is 14.9. The van der Waals surface area contributed by atoms with E-state index in [4.69, 9.17) is 0 Å². The fraction of sp³-hybridized carbons (Fsp3) is 0.391. The van der Waals surface area contributed by atoms with Crippen molar-refractivity contribution in [1.82, 2.24) is 15.3 Å². The van der Waals surface area contributed by atoms with Gasteiger partial charge in [-0.2, -0.15) is 0 Å². The summed E-state index contributed by atoms with van der Waals surface area (Å²) >= 11 is 4.34. The average molecular weight is 395 g/mol. The quantitative estimate of drug-likeness (QED) is 0.412. The fourth-order valence-electron chi connectivity index (χ4n) is 3.36. The second-order valence-corrected chi connectivity index (χ2v) is 8.12. The lowest BCUT2D eigenvalue weighted by Gasteiger charge is -2.17. The molecule has 0 aliphatic rings. The highest BCUT2D eigenvalue weighted by atomic mass is 32.1. The van der Waals surface area contributed by atoms with E-state index in [9.17, 15) is 0 Å². The highest BCUT2D eigenvalue weighted by Gasteiger charge is 2.08. The smallest absolute Gasteiger partial charge is 0.141 e. The first-order valence-corrected chi connectivity index (χ1v) is 10.5. The summed E-state index contributed by atoms with van der Waals surface area (Å²) in [6.45, 7) is 7.83. The van der Waals surface area contributed by atoms with Crippen LogP contribution in [0.3, 0.4) is 0 Å². The number of nitrogens with one attached hydrogen (secondary N) is 2. The molecule has 0 saturated carbocycles.